The number of carbonyl (C=O) groups excluding carboxylic acids is 1. The molecule has 0 spiro atoms. The summed E-state index contributed by atoms with van der Waals surface area (Å²) in [5.41, 5.74) is 1.10. The van der Waals surface area contributed by atoms with E-state index in [1.807, 2.05) is 37.4 Å². The maximum atomic E-state index is 12.0. The molecular weight excluding hydrogens is 294 g/mol. The van der Waals surface area contributed by atoms with Gasteiger partial charge in [0.05, 0.1) is 6.10 Å². The fraction of sp³-hybridized carbons (Fsp3) is 0.611. The second kappa shape index (κ2) is 9.09. The molecule has 1 amide bonds. The van der Waals surface area contributed by atoms with Crippen LogP contribution in [0.25, 0.3) is 0 Å². The van der Waals surface area contributed by atoms with Crippen molar-refractivity contribution in [3.05, 3.63) is 29.8 Å². The zero-order chi connectivity index (χ0) is 15.8. The summed E-state index contributed by atoms with van der Waals surface area (Å²) in [6, 6.07) is 8.10. The first kappa shape index (κ1) is 17.2. The highest BCUT2D eigenvalue weighted by Crippen LogP contribution is 2.23. The summed E-state index contributed by atoms with van der Waals surface area (Å²) < 4.78 is 6.07. The number of hydrogen-bond acceptors (Lipinski definition) is 3. The summed E-state index contributed by atoms with van der Waals surface area (Å²) in [6.45, 7) is 2.54. The SMILES string of the molecule is CSCC(C)C(=O)NCc1cccc(OC2CCCCC2)c1. The highest BCUT2D eigenvalue weighted by molar-refractivity contribution is 7.98. The van der Waals surface area contributed by atoms with Crippen molar-refractivity contribution in [1.82, 2.24) is 5.32 Å². The summed E-state index contributed by atoms with van der Waals surface area (Å²) in [5.74, 6) is 1.96. The molecular formula is C18H27NO2S. The molecule has 122 valence electrons. The lowest BCUT2D eigenvalue weighted by molar-refractivity contribution is -0.124. The van der Waals surface area contributed by atoms with Gasteiger partial charge >= 0.3 is 0 Å². The Balaban J connectivity index is 1.84. The maximum Gasteiger partial charge on any atom is 0.223 e. The fourth-order valence-corrected chi connectivity index (χ4v) is 3.44. The van der Waals surface area contributed by atoms with E-state index in [1.165, 1.54) is 19.3 Å². The first-order valence-electron chi connectivity index (χ1n) is 8.21. The van der Waals surface area contributed by atoms with Crippen LogP contribution in [0.1, 0.15) is 44.6 Å². The van der Waals surface area contributed by atoms with Crippen LogP contribution in [0.5, 0.6) is 5.75 Å². The van der Waals surface area contributed by atoms with Gasteiger partial charge < -0.3 is 10.1 Å². The topological polar surface area (TPSA) is 38.3 Å². The van der Waals surface area contributed by atoms with Crippen molar-refractivity contribution in [2.24, 2.45) is 5.92 Å². The number of ether oxygens (including phenoxy) is 1. The van der Waals surface area contributed by atoms with Gasteiger partial charge in [-0.3, -0.25) is 4.79 Å². The van der Waals surface area contributed by atoms with Crippen LogP contribution < -0.4 is 10.1 Å². The van der Waals surface area contributed by atoms with Gasteiger partial charge in [-0.15, -0.1) is 0 Å². The Bertz CT molecular complexity index is 472. The first-order chi connectivity index (χ1) is 10.7. The van der Waals surface area contributed by atoms with Crippen molar-refractivity contribution in [2.75, 3.05) is 12.0 Å². The third kappa shape index (κ3) is 5.56. The summed E-state index contributed by atoms with van der Waals surface area (Å²) in [4.78, 5) is 12.0. The van der Waals surface area contributed by atoms with Gasteiger partial charge in [0.1, 0.15) is 5.75 Å². The van der Waals surface area contributed by atoms with E-state index in [0.29, 0.717) is 12.6 Å². The molecule has 0 heterocycles. The van der Waals surface area contributed by atoms with Crippen molar-refractivity contribution in [3.63, 3.8) is 0 Å². The van der Waals surface area contributed by atoms with Crippen LogP contribution in [0.3, 0.4) is 0 Å². The normalized spacial score (nSPS) is 17.0. The maximum absolute atomic E-state index is 12.0. The smallest absolute Gasteiger partial charge is 0.223 e. The molecule has 4 heteroatoms. The molecule has 0 bridgehead atoms. The average Bonchev–Trinajstić information content (AvgIpc) is 2.54. The standard InChI is InChI=1S/C18H27NO2S/c1-14(13-22-2)18(20)19-12-15-7-6-10-17(11-15)21-16-8-4-3-5-9-16/h6-7,10-11,14,16H,3-5,8-9,12-13H2,1-2H3,(H,19,20). The molecule has 1 aromatic rings. The van der Waals surface area contributed by atoms with Gasteiger partial charge in [-0.1, -0.05) is 25.5 Å². The lowest BCUT2D eigenvalue weighted by Gasteiger charge is -2.23. The minimum absolute atomic E-state index is 0.0525. The molecule has 1 aliphatic carbocycles. The summed E-state index contributed by atoms with van der Waals surface area (Å²) in [6.07, 6.45) is 8.58. The average molecular weight is 321 g/mol. The molecule has 2 rings (SSSR count). The molecule has 0 radical (unpaired) electrons. The van der Waals surface area contributed by atoms with Crippen molar-refractivity contribution >= 4 is 17.7 Å². The molecule has 0 saturated heterocycles. The van der Waals surface area contributed by atoms with Crippen LogP contribution in [-0.2, 0) is 11.3 Å². The molecule has 1 unspecified atom stereocenters. The predicted molar refractivity (Wildman–Crippen MR) is 93.3 cm³/mol. The minimum atomic E-state index is 0.0525. The molecule has 1 saturated carbocycles. The molecule has 3 nitrogen and oxygen atoms in total. The molecule has 22 heavy (non-hydrogen) atoms. The predicted octanol–water partition coefficient (Wildman–Crippen LogP) is 4.01. The van der Waals surface area contributed by atoms with Crippen LogP contribution in [-0.4, -0.2) is 24.0 Å². The van der Waals surface area contributed by atoms with Gasteiger partial charge in [0, 0.05) is 18.2 Å². The lowest BCUT2D eigenvalue weighted by Crippen LogP contribution is -2.29. The number of nitrogens with one attached hydrogen (secondary N) is 1. The van der Waals surface area contributed by atoms with E-state index in [0.717, 1.165) is 29.9 Å². The van der Waals surface area contributed by atoms with Gasteiger partial charge in [0.25, 0.3) is 0 Å². The molecule has 1 aliphatic rings. The molecule has 1 aromatic carbocycles. The van der Waals surface area contributed by atoms with Gasteiger partial charge in [0.2, 0.25) is 5.91 Å². The number of hydrogen-bond donors (Lipinski definition) is 1. The minimum Gasteiger partial charge on any atom is -0.490 e. The Kier molecular flexibility index (Phi) is 7.10. The lowest BCUT2D eigenvalue weighted by atomic mass is 9.98. The Morgan fingerprint density at radius 2 is 2.14 bits per heavy atom. The first-order valence-corrected chi connectivity index (χ1v) is 9.60. The van der Waals surface area contributed by atoms with Crippen molar-refractivity contribution in [3.8, 4) is 5.75 Å². The van der Waals surface area contributed by atoms with Crippen LogP contribution in [0.15, 0.2) is 24.3 Å². The van der Waals surface area contributed by atoms with E-state index < -0.39 is 0 Å². The molecule has 1 fully saturated rings. The molecule has 0 aromatic heterocycles. The van der Waals surface area contributed by atoms with E-state index in [-0.39, 0.29) is 11.8 Å². The van der Waals surface area contributed by atoms with E-state index in [9.17, 15) is 4.79 Å². The van der Waals surface area contributed by atoms with Crippen LogP contribution in [0.4, 0.5) is 0 Å². The number of rotatable bonds is 7. The third-order valence-corrected chi connectivity index (χ3v) is 4.92. The summed E-state index contributed by atoms with van der Waals surface area (Å²) in [5, 5.41) is 3.01. The number of thioether (sulfide) groups is 1. The second-order valence-electron chi connectivity index (χ2n) is 6.10. The van der Waals surface area contributed by atoms with E-state index in [2.05, 4.69) is 5.32 Å². The van der Waals surface area contributed by atoms with Crippen molar-refractivity contribution in [2.45, 2.75) is 51.7 Å². The molecule has 0 aliphatic heterocycles. The monoisotopic (exact) mass is 321 g/mol. The van der Waals surface area contributed by atoms with Crippen LogP contribution in [0.2, 0.25) is 0 Å². The number of carbonyl (C=O) groups is 1. The largest absolute Gasteiger partial charge is 0.490 e. The van der Waals surface area contributed by atoms with Crippen LogP contribution in [0, 0.1) is 5.92 Å². The van der Waals surface area contributed by atoms with Crippen molar-refractivity contribution < 1.29 is 9.53 Å². The van der Waals surface area contributed by atoms with Gasteiger partial charge in [0.15, 0.2) is 0 Å². The second-order valence-corrected chi connectivity index (χ2v) is 7.01. The van der Waals surface area contributed by atoms with Gasteiger partial charge in [-0.2, -0.15) is 11.8 Å². The number of benzene rings is 1. The quantitative estimate of drug-likeness (QED) is 0.824. The van der Waals surface area contributed by atoms with Gasteiger partial charge in [-0.05, 0) is 49.6 Å². The Hall–Kier alpha value is -1.16. The van der Waals surface area contributed by atoms with Crippen molar-refractivity contribution in [1.29, 1.82) is 0 Å². The van der Waals surface area contributed by atoms with E-state index in [1.54, 1.807) is 11.8 Å². The Morgan fingerprint density at radius 3 is 2.86 bits per heavy atom. The van der Waals surface area contributed by atoms with Crippen LogP contribution >= 0.6 is 11.8 Å². The van der Waals surface area contributed by atoms with E-state index in [4.69, 9.17) is 4.74 Å². The Morgan fingerprint density at radius 1 is 1.36 bits per heavy atom. The third-order valence-electron chi connectivity index (χ3n) is 4.08. The molecule has 1 atom stereocenters. The highest BCUT2D eigenvalue weighted by Gasteiger charge is 2.15. The molecule has 1 N–H and O–H groups in total. The summed E-state index contributed by atoms with van der Waals surface area (Å²) in [7, 11) is 0. The zero-order valence-electron chi connectivity index (χ0n) is 13.6. The van der Waals surface area contributed by atoms with Gasteiger partial charge in [-0.25, -0.2) is 0 Å². The zero-order valence-corrected chi connectivity index (χ0v) is 14.5. The highest BCUT2D eigenvalue weighted by atomic mass is 32.2. The summed E-state index contributed by atoms with van der Waals surface area (Å²) >= 11 is 1.70. The number of amides is 1. The fourth-order valence-electron chi connectivity index (χ4n) is 2.79. The Labute approximate surface area is 138 Å². The van der Waals surface area contributed by atoms with E-state index >= 15 is 0 Å².